The minimum absolute atomic E-state index is 0.453. The van der Waals surface area contributed by atoms with Gasteiger partial charge in [0.05, 0.1) is 38.9 Å². The first kappa shape index (κ1) is 19.4. The summed E-state index contributed by atoms with van der Waals surface area (Å²) in [6, 6.07) is 10.2. The lowest BCUT2D eigenvalue weighted by Gasteiger charge is -2.34. The Balaban J connectivity index is 1.70. The molecule has 1 aromatic carbocycles. The number of carbonyl (C=O) groups excluding carboxylic acids is 1. The van der Waals surface area contributed by atoms with Gasteiger partial charge in [-0.15, -0.1) is 0 Å². The molecule has 0 spiro atoms. The number of nitrogens with zero attached hydrogens (tertiary/aromatic N) is 2. The summed E-state index contributed by atoms with van der Waals surface area (Å²) >= 11 is 5.56. The number of aromatic nitrogens is 1. The summed E-state index contributed by atoms with van der Waals surface area (Å²) in [6.45, 7) is 8.63. The number of ether oxygens (including phenoxy) is 1. The van der Waals surface area contributed by atoms with Crippen LogP contribution in [0.25, 0.3) is 0 Å². The van der Waals surface area contributed by atoms with Gasteiger partial charge in [-0.2, -0.15) is 0 Å². The van der Waals surface area contributed by atoms with Crippen molar-refractivity contribution in [2.24, 2.45) is 5.73 Å². The number of methoxy groups -OCH3 is 1. The molecule has 1 saturated heterocycles. The summed E-state index contributed by atoms with van der Waals surface area (Å²) in [5.41, 5.74) is 9.12. The molecule has 7 heteroatoms. The van der Waals surface area contributed by atoms with E-state index in [1.165, 1.54) is 10.6 Å². The molecule has 2 aromatic rings. The van der Waals surface area contributed by atoms with Gasteiger partial charge >= 0.3 is 0 Å². The number of quaternary nitrogens is 1. The van der Waals surface area contributed by atoms with Crippen LogP contribution in [0.4, 0.5) is 5.69 Å². The van der Waals surface area contributed by atoms with E-state index in [0.717, 1.165) is 49.9 Å². The van der Waals surface area contributed by atoms with Gasteiger partial charge in [0.1, 0.15) is 10.4 Å². The first-order valence-electron chi connectivity index (χ1n) is 9.14. The maximum Gasteiger partial charge on any atom is 0.251 e. The van der Waals surface area contributed by atoms with Gasteiger partial charge in [0.2, 0.25) is 0 Å². The third-order valence-electron chi connectivity index (χ3n) is 5.24. The van der Waals surface area contributed by atoms with Crippen molar-refractivity contribution in [1.29, 1.82) is 0 Å². The lowest BCUT2D eigenvalue weighted by molar-refractivity contribution is -0.923. The average Bonchev–Trinajstić information content (AvgIpc) is 2.65. The Morgan fingerprint density at radius 3 is 2.41 bits per heavy atom. The van der Waals surface area contributed by atoms with E-state index in [1.54, 1.807) is 7.11 Å². The third kappa shape index (κ3) is 4.14. The third-order valence-corrected chi connectivity index (χ3v) is 5.67. The molecule has 1 aliphatic heterocycles. The molecule has 0 bridgehead atoms. The Morgan fingerprint density at radius 2 is 1.85 bits per heavy atom. The number of carbonyl (C=O) groups is 1. The molecule has 0 saturated carbocycles. The molecule has 0 aliphatic carbocycles. The molecule has 0 unspecified atom stereocenters. The van der Waals surface area contributed by atoms with Crippen LogP contribution in [0.3, 0.4) is 0 Å². The number of rotatable bonds is 5. The standard InChI is InChI=1S/C20H26N4O2S/c1-14-12-15(2)24(20(27)18(14)19(21)25)13-22-8-10-23(11-9-22)16-4-6-17(26-3)7-5-16/h4-7,12H,8-11,13H2,1-3H3,(H2,21,25)/p+1. The molecule has 144 valence electrons. The fraction of sp³-hybridized carbons (Fsp3) is 0.400. The number of nitrogens with two attached hydrogens (primary N) is 1. The molecule has 1 amide bonds. The Bertz CT molecular complexity index is 884. The van der Waals surface area contributed by atoms with Gasteiger partial charge in [0, 0.05) is 11.4 Å². The summed E-state index contributed by atoms with van der Waals surface area (Å²) in [6.07, 6.45) is 0. The van der Waals surface area contributed by atoms with Crippen molar-refractivity contribution in [3.8, 4) is 5.75 Å². The van der Waals surface area contributed by atoms with Crippen LogP contribution in [0, 0.1) is 18.5 Å². The molecule has 1 fully saturated rings. The van der Waals surface area contributed by atoms with Gasteiger partial charge in [-0.05, 0) is 49.7 Å². The number of anilines is 1. The summed E-state index contributed by atoms with van der Waals surface area (Å²) in [5, 5.41) is 0. The Hall–Kier alpha value is -2.38. The van der Waals surface area contributed by atoms with Gasteiger partial charge in [-0.25, -0.2) is 0 Å². The number of amides is 1. The quantitative estimate of drug-likeness (QED) is 0.759. The minimum atomic E-state index is -0.453. The molecule has 2 heterocycles. The molecule has 0 radical (unpaired) electrons. The summed E-state index contributed by atoms with van der Waals surface area (Å²) in [4.78, 5) is 15.6. The second kappa shape index (κ2) is 8.10. The number of benzene rings is 1. The maximum atomic E-state index is 11.8. The van der Waals surface area contributed by atoms with Crippen molar-refractivity contribution < 1.29 is 14.4 Å². The summed E-state index contributed by atoms with van der Waals surface area (Å²) in [5.74, 6) is 0.420. The zero-order valence-corrected chi connectivity index (χ0v) is 16.9. The fourth-order valence-electron chi connectivity index (χ4n) is 3.68. The second-order valence-corrected chi connectivity index (χ2v) is 7.42. The number of piperazine rings is 1. The molecule has 6 nitrogen and oxygen atoms in total. The number of hydrogen-bond donors (Lipinski definition) is 2. The molecule has 1 aromatic heterocycles. The van der Waals surface area contributed by atoms with Crippen molar-refractivity contribution in [3.63, 3.8) is 0 Å². The van der Waals surface area contributed by atoms with E-state index in [1.807, 2.05) is 36.6 Å². The Labute approximate surface area is 165 Å². The number of pyridine rings is 1. The van der Waals surface area contributed by atoms with Gasteiger partial charge in [0.25, 0.3) is 5.91 Å². The van der Waals surface area contributed by atoms with Gasteiger partial charge in [0.15, 0.2) is 6.67 Å². The number of primary amides is 1. The van der Waals surface area contributed by atoms with E-state index < -0.39 is 5.91 Å². The van der Waals surface area contributed by atoms with E-state index in [0.29, 0.717) is 10.2 Å². The van der Waals surface area contributed by atoms with Crippen LogP contribution < -0.4 is 20.3 Å². The van der Waals surface area contributed by atoms with Crippen LogP contribution in [0.1, 0.15) is 21.6 Å². The average molecular weight is 388 g/mol. The lowest BCUT2D eigenvalue weighted by atomic mass is 10.1. The van der Waals surface area contributed by atoms with Crippen LogP contribution in [-0.2, 0) is 6.67 Å². The molecule has 0 atom stereocenters. The molecule has 1 aliphatic rings. The topological polar surface area (TPSA) is 64.9 Å². The highest BCUT2D eigenvalue weighted by molar-refractivity contribution is 7.71. The largest absolute Gasteiger partial charge is 0.497 e. The number of hydrogen-bond acceptors (Lipinski definition) is 4. The van der Waals surface area contributed by atoms with Gasteiger partial charge < -0.3 is 20.3 Å². The SMILES string of the molecule is COc1ccc(N2CC[NH+](Cn3c(C)cc(C)c(C(N)=O)c3=S)CC2)cc1. The monoisotopic (exact) mass is 387 g/mol. The van der Waals surface area contributed by atoms with Crippen LogP contribution >= 0.6 is 12.2 Å². The fourth-order valence-corrected chi connectivity index (χ4v) is 4.15. The zero-order chi connectivity index (χ0) is 19.6. The van der Waals surface area contributed by atoms with Gasteiger partial charge in [-0.3, -0.25) is 9.36 Å². The number of nitrogens with one attached hydrogen (secondary N) is 1. The highest BCUT2D eigenvalue weighted by Gasteiger charge is 2.22. The van der Waals surface area contributed by atoms with Crippen molar-refractivity contribution in [1.82, 2.24) is 4.57 Å². The predicted molar refractivity (Wildman–Crippen MR) is 109 cm³/mol. The number of aryl methyl sites for hydroxylation is 2. The van der Waals surface area contributed by atoms with E-state index in [4.69, 9.17) is 22.7 Å². The van der Waals surface area contributed by atoms with Crippen molar-refractivity contribution in [2.45, 2.75) is 20.5 Å². The van der Waals surface area contributed by atoms with Crippen LogP contribution in [0.2, 0.25) is 0 Å². The summed E-state index contributed by atoms with van der Waals surface area (Å²) in [7, 11) is 1.68. The van der Waals surface area contributed by atoms with Crippen molar-refractivity contribution in [2.75, 3.05) is 38.2 Å². The summed E-state index contributed by atoms with van der Waals surface area (Å²) < 4.78 is 7.82. The lowest BCUT2D eigenvalue weighted by Crippen LogP contribution is -3.14. The van der Waals surface area contributed by atoms with Crippen LogP contribution in [0.15, 0.2) is 30.3 Å². The minimum Gasteiger partial charge on any atom is -0.497 e. The van der Waals surface area contributed by atoms with E-state index in [2.05, 4.69) is 17.0 Å². The maximum absolute atomic E-state index is 11.8. The van der Waals surface area contributed by atoms with E-state index in [-0.39, 0.29) is 0 Å². The Kier molecular flexibility index (Phi) is 5.82. The zero-order valence-electron chi connectivity index (χ0n) is 16.1. The van der Waals surface area contributed by atoms with Crippen molar-refractivity contribution in [3.05, 3.63) is 51.8 Å². The molecular weight excluding hydrogens is 360 g/mol. The van der Waals surface area contributed by atoms with Crippen molar-refractivity contribution >= 4 is 23.8 Å². The van der Waals surface area contributed by atoms with E-state index in [9.17, 15) is 4.79 Å². The Morgan fingerprint density at radius 1 is 1.22 bits per heavy atom. The van der Waals surface area contributed by atoms with Crippen LogP contribution in [0.5, 0.6) is 5.75 Å². The normalized spacial score (nSPS) is 15.0. The first-order valence-corrected chi connectivity index (χ1v) is 9.55. The highest BCUT2D eigenvalue weighted by Crippen LogP contribution is 2.19. The molecule has 3 N–H and O–H groups in total. The first-order chi connectivity index (χ1) is 12.9. The predicted octanol–water partition coefficient (Wildman–Crippen LogP) is 1.30. The smallest absolute Gasteiger partial charge is 0.251 e. The van der Waals surface area contributed by atoms with Crippen LogP contribution in [-0.4, -0.2) is 43.8 Å². The molecule has 3 rings (SSSR count). The highest BCUT2D eigenvalue weighted by atomic mass is 32.1. The van der Waals surface area contributed by atoms with Gasteiger partial charge in [-0.1, -0.05) is 12.2 Å². The second-order valence-electron chi connectivity index (χ2n) is 7.03. The molecular formula is C20H27N4O2S+. The molecule has 27 heavy (non-hydrogen) atoms. The van der Waals surface area contributed by atoms with E-state index >= 15 is 0 Å².